The summed E-state index contributed by atoms with van der Waals surface area (Å²) in [5, 5.41) is 18.7. The molecule has 2 aromatic rings. The van der Waals surface area contributed by atoms with Gasteiger partial charge in [0.15, 0.2) is 5.84 Å². The number of nitrogens with zero attached hydrogens (tertiary/aromatic N) is 3. The molecule has 0 atom stereocenters. The first-order valence-electron chi connectivity index (χ1n) is 6.05. The van der Waals surface area contributed by atoms with Crippen molar-refractivity contribution in [2.45, 2.75) is 13.1 Å². The van der Waals surface area contributed by atoms with Gasteiger partial charge in [0.05, 0.1) is 5.69 Å². The minimum absolute atomic E-state index is 0.114. The van der Waals surface area contributed by atoms with Crippen LogP contribution in [0.25, 0.3) is 0 Å². The molecule has 0 bridgehead atoms. The molecule has 0 unspecified atom stereocenters. The molecule has 0 aliphatic rings. The summed E-state index contributed by atoms with van der Waals surface area (Å²) < 4.78 is 15.5. The molecule has 0 saturated carbocycles. The van der Waals surface area contributed by atoms with E-state index in [0.717, 1.165) is 5.69 Å². The molecule has 1 aromatic heterocycles. The van der Waals surface area contributed by atoms with Crippen molar-refractivity contribution in [1.29, 1.82) is 0 Å². The number of aryl methyl sites for hydroxylation is 1. The lowest BCUT2D eigenvalue weighted by Gasteiger charge is -2.06. The molecule has 1 aromatic carbocycles. The molecule has 1 heterocycles. The number of hydrogen-bond donors (Lipinski definition) is 3. The Hall–Kier alpha value is -2.41. The van der Waals surface area contributed by atoms with Gasteiger partial charge in [0, 0.05) is 37.5 Å². The van der Waals surface area contributed by atoms with Gasteiger partial charge in [-0.15, -0.1) is 0 Å². The zero-order valence-electron chi connectivity index (χ0n) is 11.0. The van der Waals surface area contributed by atoms with Gasteiger partial charge in [-0.2, -0.15) is 5.10 Å². The Morgan fingerprint density at radius 3 is 2.85 bits per heavy atom. The van der Waals surface area contributed by atoms with E-state index in [2.05, 4.69) is 15.6 Å². The van der Waals surface area contributed by atoms with Crippen molar-refractivity contribution >= 4 is 5.84 Å². The Morgan fingerprint density at radius 2 is 2.25 bits per heavy atom. The molecule has 20 heavy (non-hydrogen) atoms. The average molecular weight is 277 g/mol. The molecular formula is C13H16FN5O. The van der Waals surface area contributed by atoms with E-state index in [1.165, 1.54) is 6.07 Å². The van der Waals surface area contributed by atoms with E-state index >= 15 is 0 Å². The van der Waals surface area contributed by atoms with Gasteiger partial charge in [0.25, 0.3) is 0 Å². The summed E-state index contributed by atoms with van der Waals surface area (Å²) in [7, 11) is 1.84. The van der Waals surface area contributed by atoms with Crippen LogP contribution in [-0.2, 0) is 20.1 Å². The molecule has 4 N–H and O–H groups in total. The number of amidine groups is 1. The lowest BCUT2D eigenvalue weighted by atomic mass is 10.1. The molecular weight excluding hydrogens is 261 g/mol. The van der Waals surface area contributed by atoms with Gasteiger partial charge >= 0.3 is 0 Å². The number of benzene rings is 1. The van der Waals surface area contributed by atoms with Gasteiger partial charge in [-0.25, -0.2) is 4.39 Å². The minimum Gasteiger partial charge on any atom is -0.409 e. The second kappa shape index (κ2) is 6.16. The van der Waals surface area contributed by atoms with Crippen LogP contribution < -0.4 is 11.1 Å². The molecule has 6 nitrogen and oxygen atoms in total. The van der Waals surface area contributed by atoms with Crippen LogP contribution in [0.2, 0.25) is 0 Å². The van der Waals surface area contributed by atoms with E-state index in [0.29, 0.717) is 24.2 Å². The molecule has 106 valence electrons. The van der Waals surface area contributed by atoms with Crippen molar-refractivity contribution < 1.29 is 9.60 Å². The van der Waals surface area contributed by atoms with Gasteiger partial charge in [-0.05, 0) is 12.1 Å². The maximum absolute atomic E-state index is 13.8. The van der Waals surface area contributed by atoms with Crippen molar-refractivity contribution in [2.75, 3.05) is 0 Å². The number of nitrogens with one attached hydrogen (secondary N) is 1. The Kier molecular flexibility index (Phi) is 4.31. The third-order valence-corrected chi connectivity index (χ3v) is 2.85. The van der Waals surface area contributed by atoms with Crippen LogP contribution in [0.15, 0.2) is 35.6 Å². The fourth-order valence-electron chi connectivity index (χ4n) is 1.79. The SMILES string of the molecule is Cn1ccc(CNCc2ccc(/C(N)=N/O)cc2F)n1. The van der Waals surface area contributed by atoms with Crippen molar-refractivity contribution in [3.63, 3.8) is 0 Å². The number of halogens is 1. The molecule has 0 aliphatic carbocycles. The zero-order valence-corrected chi connectivity index (χ0v) is 11.0. The molecule has 0 saturated heterocycles. The standard InChI is InChI=1S/C13H16FN5O/c1-19-5-4-11(17-19)8-16-7-10-3-2-9(6-12(10)14)13(15)18-20/h2-6,16,20H,7-8H2,1H3,(H2,15,18). The minimum atomic E-state index is -0.400. The summed E-state index contributed by atoms with van der Waals surface area (Å²) >= 11 is 0. The molecule has 0 amide bonds. The lowest BCUT2D eigenvalue weighted by Crippen LogP contribution is -2.16. The third kappa shape index (κ3) is 3.33. The highest BCUT2D eigenvalue weighted by molar-refractivity contribution is 5.97. The first-order chi connectivity index (χ1) is 9.60. The third-order valence-electron chi connectivity index (χ3n) is 2.85. The van der Waals surface area contributed by atoms with E-state index in [9.17, 15) is 4.39 Å². The molecule has 0 aliphatic heterocycles. The van der Waals surface area contributed by atoms with Crippen molar-refractivity contribution in [3.8, 4) is 0 Å². The number of hydrogen-bond acceptors (Lipinski definition) is 4. The number of oxime groups is 1. The zero-order chi connectivity index (χ0) is 14.5. The number of aromatic nitrogens is 2. The largest absolute Gasteiger partial charge is 0.409 e. The Morgan fingerprint density at radius 1 is 1.45 bits per heavy atom. The van der Waals surface area contributed by atoms with Crippen LogP contribution >= 0.6 is 0 Å². The highest BCUT2D eigenvalue weighted by Crippen LogP contribution is 2.10. The van der Waals surface area contributed by atoms with Crippen LogP contribution in [0.4, 0.5) is 4.39 Å². The normalized spacial score (nSPS) is 11.8. The van der Waals surface area contributed by atoms with Crippen LogP contribution in [0.3, 0.4) is 0 Å². The maximum atomic E-state index is 13.8. The van der Waals surface area contributed by atoms with Gasteiger partial charge < -0.3 is 16.3 Å². The Labute approximate surface area is 115 Å². The summed E-state index contributed by atoms with van der Waals surface area (Å²) in [5.74, 6) is -0.514. The van der Waals surface area contributed by atoms with Crippen molar-refractivity contribution in [3.05, 3.63) is 53.1 Å². The summed E-state index contributed by atoms with van der Waals surface area (Å²) in [6.07, 6.45) is 1.85. The average Bonchev–Trinajstić information content (AvgIpc) is 2.85. The number of rotatable bonds is 5. The molecule has 7 heteroatoms. The first kappa shape index (κ1) is 14.0. The van der Waals surface area contributed by atoms with Gasteiger partial charge in [-0.1, -0.05) is 17.3 Å². The smallest absolute Gasteiger partial charge is 0.170 e. The summed E-state index contributed by atoms with van der Waals surface area (Å²) in [6.45, 7) is 0.932. The Bertz CT molecular complexity index is 623. The van der Waals surface area contributed by atoms with E-state index in [-0.39, 0.29) is 5.84 Å². The van der Waals surface area contributed by atoms with Crippen LogP contribution in [0, 0.1) is 5.82 Å². The van der Waals surface area contributed by atoms with E-state index in [4.69, 9.17) is 10.9 Å². The van der Waals surface area contributed by atoms with Gasteiger partial charge in [-0.3, -0.25) is 4.68 Å². The van der Waals surface area contributed by atoms with E-state index in [1.807, 2.05) is 19.3 Å². The van der Waals surface area contributed by atoms with Crippen LogP contribution in [-0.4, -0.2) is 20.8 Å². The highest BCUT2D eigenvalue weighted by atomic mass is 19.1. The fourth-order valence-corrected chi connectivity index (χ4v) is 1.79. The summed E-state index contributed by atoms with van der Waals surface area (Å²) in [6, 6.07) is 6.35. The van der Waals surface area contributed by atoms with Gasteiger partial charge in [0.2, 0.25) is 0 Å². The predicted octanol–water partition coefficient (Wildman–Crippen LogP) is 0.944. The monoisotopic (exact) mass is 277 g/mol. The first-order valence-corrected chi connectivity index (χ1v) is 6.05. The van der Waals surface area contributed by atoms with Crippen LogP contribution in [0.5, 0.6) is 0 Å². The van der Waals surface area contributed by atoms with E-state index < -0.39 is 5.82 Å². The predicted molar refractivity (Wildman–Crippen MR) is 72.7 cm³/mol. The fraction of sp³-hybridized carbons (Fsp3) is 0.231. The van der Waals surface area contributed by atoms with Crippen molar-refractivity contribution in [2.24, 2.45) is 17.9 Å². The van der Waals surface area contributed by atoms with Crippen molar-refractivity contribution in [1.82, 2.24) is 15.1 Å². The second-order valence-electron chi connectivity index (χ2n) is 4.38. The molecule has 0 spiro atoms. The quantitative estimate of drug-likeness (QED) is 0.328. The highest BCUT2D eigenvalue weighted by Gasteiger charge is 2.06. The maximum Gasteiger partial charge on any atom is 0.170 e. The Balaban J connectivity index is 1.96. The van der Waals surface area contributed by atoms with Crippen LogP contribution in [0.1, 0.15) is 16.8 Å². The molecule has 0 fully saturated rings. The topological polar surface area (TPSA) is 88.5 Å². The van der Waals surface area contributed by atoms with Gasteiger partial charge in [0.1, 0.15) is 5.82 Å². The summed E-state index contributed by atoms with van der Waals surface area (Å²) in [4.78, 5) is 0. The lowest BCUT2D eigenvalue weighted by molar-refractivity contribution is 0.318. The molecule has 0 radical (unpaired) electrons. The molecule has 2 rings (SSSR count). The van der Waals surface area contributed by atoms with E-state index in [1.54, 1.807) is 16.8 Å². The number of nitrogens with two attached hydrogens (primary N) is 1. The second-order valence-corrected chi connectivity index (χ2v) is 4.38. The summed E-state index contributed by atoms with van der Waals surface area (Å²) in [5.41, 5.74) is 7.14.